The number of fused-ring (bicyclic) bond motifs is 1. The van der Waals surface area contributed by atoms with Crippen LogP contribution in [0.25, 0.3) is 10.8 Å². The maximum Gasteiger partial charge on any atom is 0.175 e. The highest BCUT2D eigenvalue weighted by Crippen LogP contribution is 2.28. The van der Waals surface area contributed by atoms with E-state index in [2.05, 4.69) is 20.4 Å². The normalized spacial score (nSPS) is 18.6. The molecular formula is C20H16N4O. The van der Waals surface area contributed by atoms with Gasteiger partial charge in [0.2, 0.25) is 0 Å². The van der Waals surface area contributed by atoms with Crippen LogP contribution >= 0.6 is 0 Å². The summed E-state index contributed by atoms with van der Waals surface area (Å²) < 4.78 is 0. The molecule has 4 rings (SSSR count). The van der Waals surface area contributed by atoms with E-state index in [1.807, 2.05) is 60.7 Å². The van der Waals surface area contributed by atoms with Crippen molar-refractivity contribution in [2.75, 3.05) is 0 Å². The van der Waals surface area contributed by atoms with Crippen molar-refractivity contribution >= 4 is 22.8 Å². The Bertz CT molecular complexity index is 993. The summed E-state index contributed by atoms with van der Waals surface area (Å²) in [6.45, 7) is 0. The topological polar surface area (TPSA) is 69.7 Å². The van der Waals surface area contributed by atoms with Gasteiger partial charge in [-0.05, 0) is 22.4 Å². The number of aromatic hydroxyl groups is 1. The number of hydrogen-bond acceptors (Lipinski definition) is 4. The van der Waals surface area contributed by atoms with Gasteiger partial charge in [0.25, 0.3) is 0 Å². The number of phenolic OH excluding ortho intramolecular Hbond substituents is 1. The first-order valence-corrected chi connectivity index (χ1v) is 8.08. The Hall–Kier alpha value is -3.34. The average Bonchev–Trinajstić information content (AvgIpc) is 3.13. The lowest BCUT2D eigenvalue weighted by Gasteiger charge is -2.04. The lowest BCUT2D eigenvalue weighted by atomic mass is 10.0. The molecule has 1 aliphatic heterocycles. The summed E-state index contributed by atoms with van der Waals surface area (Å²) >= 11 is 0. The number of benzene rings is 3. The molecule has 0 amide bonds. The maximum absolute atomic E-state index is 10.1. The molecule has 0 fully saturated rings. The maximum atomic E-state index is 10.1. The number of amidine groups is 1. The highest BCUT2D eigenvalue weighted by molar-refractivity contribution is 6.02. The Balaban J connectivity index is 1.55. The fourth-order valence-electron chi connectivity index (χ4n) is 2.88. The van der Waals surface area contributed by atoms with E-state index in [0.717, 1.165) is 16.3 Å². The molecule has 3 aromatic rings. The standard InChI is InChI=1S/C20H16N4O/c25-19-11-10-14-6-4-5-9-16(14)17(19)13-21-23-20-12-18(22-24-20)15-7-2-1-3-8-15/h1-11,13,18,25H,12H2/b21-13+,23-20?. The molecule has 0 aliphatic carbocycles. The second kappa shape index (κ2) is 6.65. The fourth-order valence-corrected chi connectivity index (χ4v) is 2.88. The Morgan fingerprint density at radius 1 is 0.960 bits per heavy atom. The van der Waals surface area contributed by atoms with E-state index in [1.165, 1.54) is 0 Å². The molecule has 122 valence electrons. The van der Waals surface area contributed by atoms with Crippen LogP contribution in [-0.4, -0.2) is 17.2 Å². The second-order valence-corrected chi connectivity index (χ2v) is 5.83. The molecule has 0 bridgehead atoms. The third-order valence-electron chi connectivity index (χ3n) is 4.18. The third-order valence-corrected chi connectivity index (χ3v) is 4.18. The SMILES string of the molecule is Oc1ccc2ccccc2c1/C=N/N=C1CC(c2ccccc2)N=N1. The highest BCUT2D eigenvalue weighted by atomic mass is 16.3. The molecule has 5 nitrogen and oxygen atoms in total. The lowest BCUT2D eigenvalue weighted by Crippen LogP contribution is -1.95. The first-order chi connectivity index (χ1) is 12.3. The lowest BCUT2D eigenvalue weighted by molar-refractivity contribution is 0.475. The summed E-state index contributed by atoms with van der Waals surface area (Å²) in [5.74, 6) is 0.766. The average molecular weight is 328 g/mol. The number of phenols is 1. The van der Waals surface area contributed by atoms with Crippen molar-refractivity contribution in [1.29, 1.82) is 0 Å². The largest absolute Gasteiger partial charge is 0.507 e. The minimum atomic E-state index is 0.00103. The van der Waals surface area contributed by atoms with Gasteiger partial charge in [-0.15, -0.1) is 10.2 Å². The number of nitrogens with zero attached hydrogens (tertiary/aromatic N) is 4. The van der Waals surface area contributed by atoms with Crippen LogP contribution in [0.5, 0.6) is 5.75 Å². The molecule has 1 unspecified atom stereocenters. The van der Waals surface area contributed by atoms with E-state index in [4.69, 9.17) is 0 Å². The van der Waals surface area contributed by atoms with Gasteiger partial charge < -0.3 is 5.11 Å². The van der Waals surface area contributed by atoms with Crippen molar-refractivity contribution in [3.63, 3.8) is 0 Å². The first-order valence-electron chi connectivity index (χ1n) is 8.08. The number of hydrogen-bond donors (Lipinski definition) is 1. The van der Waals surface area contributed by atoms with Gasteiger partial charge in [0.15, 0.2) is 5.84 Å². The Morgan fingerprint density at radius 2 is 1.76 bits per heavy atom. The monoisotopic (exact) mass is 328 g/mol. The van der Waals surface area contributed by atoms with Crippen LogP contribution in [0.4, 0.5) is 0 Å². The minimum absolute atomic E-state index is 0.00103. The van der Waals surface area contributed by atoms with Gasteiger partial charge in [-0.3, -0.25) is 0 Å². The zero-order chi connectivity index (χ0) is 17.1. The van der Waals surface area contributed by atoms with Crippen molar-refractivity contribution in [3.05, 3.63) is 77.9 Å². The van der Waals surface area contributed by atoms with Crippen molar-refractivity contribution in [2.24, 2.45) is 20.4 Å². The molecule has 1 atom stereocenters. The summed E-state index contributed by atoms with van der Waals surface area (Å²) in [5, 5.41) is 28.7. The van der Waals surface area contributed by atoms with Gasteiger partial charge in [0.1, 0.15) is 11.8 Å². The predicted molar refractivity (Wildman–Crippen MR) is 99.3 cm³/mol. The zero-order valence-corrected chi connectivity index (χ0v) is 13.4. The number of azo groups is 1. The molecule has 0 spiro atoms. The molecule has 5 heteroatoms. The van der Waals surface area contributed by atoms with Crippen LogP contribution in [0, 0.1) is 0 Å². The smallest absolute Gasteiger partial charge is 0.175 e. The van der Waals surface area contributed by atoms with E-state index >= 15 is 0 Å². The van der Waals surface area contributed by atoms with Gasteiger partial charge in [0, 0.05) is 12.0 Å². The quantitative estimate of drug-likeness (QED) is 0.540. The molecule has 0 aromatic heterocycles. The molecule has 0 radical (unpaired) electrons. The van der Waals surface area contributed by atoms with E-state index in [1.54, 1.807) is 12.3 Å². The van der Waals surface area contributed by atoms with Gasteiger partial charge in [-0.25, -0.2) is 0 Å². The van der Waals surface area contributed by atoms with E-state index in [0.29, 0.717) is 17.8 Å². The van der Waals surface area contributed by atoms with Crippen LogP contribution in [0.15, 0.2) is 87.2 Å². The summed E-state index contributed by atoms with van der Waals surface area (Å²) in [7, 11) is 0. The van der Waals surface area contributed by atoms with Gasteiger partial charge in [0.05, 0.1) is 6.21 Å². The van der Waals surface area contributed by atoms with Crippen molar-refractivity contribution in [1.82, 2.24) is 0 Å². The molecule has 25 heavy (non-hydrogen) atoms. The highest BCUT2D eigenvalue weighted by Gasteiger charge is 2.19. The molecular weight excluding hydrogens is 312 g/mol. The van der Waals surface area contributed by atoms with Crippen LogP contribution in [0.1, 0.15) is 23.6 Å². The first kappa shape index (κ1) is 15.2. The zero-order valence-electron chi connectivity index (χ0n) is 13.4. The Morgan fingerprint density at radius 3 is 2.64 bits per heavy atom. The van der Waals surface area contributed by atoms with Gasteiger partial charge >= 0.3 is 0 Å². The molecule has 3 aromatic carbocycles. The van der Waals surface area contributed by atoms with Gasteiger partial charge in [-0.2, -0.15) is 10.2 Å². The fraction of sp³-hybridized carbons (Fsp3) is 0.100. The summed E-state index contributed by atoms with van der Waals surface area (Å²) in [6.07, 6.45) is 2.19. The van der Waals surface area contributed by atoms with E-state index in [9.17, 15) is 5.11 Å². The van der Waals surface area contributed by atoms with Crippen molar-refractivity contribution < 1.29 is 5.11 Å². The predicted octanol–water partition coefficient (Wildman–Crippen LogP) is 4.88. The Labute approximate surface area is 145 Å². The number of rotatable bonds is 3. The molecule has 1 N–H and O–H groups in total. The molecule has 0 saturated heterocycles. The summed E-state index contributed by atoms with van der Waals surface area (Å²) in [4.78, 5) is 0. The van der Waals surface area contributed by atoms with Crippen LogP contribution in [0.2, 0.25) is 0 Å². The second-order valence-electron chi connectivity index (χ2n) is 5.83. The van der Waals surface area contributed by atoms with E-state index in [-0.39, 0.29) is 11.8 Å². The van der Waals surface area contributed by atoms with Crippen molar-refractivity contribution in [2.45, 2.75) is 12.5 Å². The van der Waals surface area contributed by atoms with Crippen LogP contribution in [-0.2, 0) is 0 Å². The minimum Gasteiger partial charge on any atom is -0.507 e. The molecule has 1 heterocycles. The van der Waals surface area contributed by atoms with Gasteiger partial charge in [-0.1, -0.05) is 60.7 Å². The van der Waals surface area contributed by atoms with Crippen LogP contribution in [0.3, 0.4) is 0 Å². The summed E-state index contributed by atoms with van der Waals surface area (Å²) in [5.41, 5.74) is 1.77. The van der Waals surface area contributed by atoms with Crippen molar-refractivity contribution in [3.8, 4) is 5.75 Å². The Kier molecular flexibility index (Phi) is 4.04. The van der Waals surface area contributed by atoms with E-state index < -0.39 is 0 Å². The molecule has 0 saturated carbocycles. The van der Waals surface area contributed by atoms with Crippen LogP contribution < -0.4 is 0 Å². The molecule has 1 aliphatic rings. The summed E-state index contributed by atoms with van der Waals surface area (Å²) in [6, 6.07) is 21.4. The third kappa shape index (κ3) is 3.17.